The van der Waals surface area contributed by atoms with Crippen LogP contribution in [-0.2, 0) is 13.6 Å². The van der Waals surface area contributed by atoms with Gasteiger partial charge in [-0.05, 0) is 31.8 Å². The molecule has 102 valence electrons. The number of likely N-dealkylation sites (tertiary alicyclic amines) is 1. The monoisotopic (exact) mass is 250 g/mol. The van der Waals surface area contributed by atoms with Crippen LogP contribution in [0.2, 0.25) is 0 Å². The minimum Gasteiger partial charge on any atom is -0.337 e. The molecule has 1 unspecified atom stereocenters. The molecule has 0 saturated carbocycles. The SMILES string of the molecule is CC(C)C(CNCc1cncn1C)N1CCCC1. The zero-order valence-corrected chi connectivity index (χ0v) is 11.9. The summed E-state index contributed by atoms with van der Waals surface area (Å²) in [5, 5.41) is 3.58. The number of aryl methyl sites for hydroxylation is 1. The lowest BCUT2D eigenvalue weighted by atomic mass is 10.0. The summed E-state index contributed by atoms with van der Waals surface area (Å²) in [5.74, 6) is 0.710. The predicted molar refractivity (Wildman–Crippen MR) is 74.3 cm³/mol. The smallest absolute Gasteiger partial charge is 0.0945 e. The Kier molecular flexibility index (Phi) is 4.78. The first-order valence-electron chi connectivity index (χ1n) is 7.08. The highest BCUT2D eigenvalue weighted by atomic mass is 15.2. The van der Waals surface area contributed by atoms with Gasteiger partial charge >= 0.3 is 0 Å². The van der Waals surface area contributed by atoms with E-state index in [1.54, 1.807) is 0 Å². The molecule has 0 aliphatic carbocycles. The molecule has 0 spiro atoms. The Morgan fingerprint density at radius 3 is 2.61 bits per heavy atom. The molecule has 4 heteroatoms. The average Bonchev–Trinajstić information content (AvgIpc) is 2.96. The molecule has 2 heterocycles. The molecule has 0 radical (unpaired) electrons. The van der Waals surface area contributed by atoms with Gasteiger partial charge in [-0.3, -0.25) is 4.90 Å². The molecule has 1 N–H and O–H groups in total. The van der Waals surface area contributed by atoms with E-state index in [4.69, 9.17) is 0 Å². The third-order valence-electron chi connectivity index (χ3n) is 3.96. The highest BCUT2D eigenvalue weighted by molar-refractivity contribution is 4.97. The van der Waals surface area contributed by atoms with E-state index in [1.165, 1.54) is 31.6 Å². The molecule has 4 nitrogen and oxygen atoms in total. The molecule has 0 amide bonds. The van der Waals surface area contributed by atoms with E-state index in [-0.39, 0.29) is 0 Å². The highest BCUT2D eigenvalue weighted by Gasteiger charge is 2.23. The summed E-state index contributed by atoms with van der Waals surface area (Å²) in [6.07, 6.45) is 6.53. The third kappa shape index (κ3) is 3.33. The van der Waals surface area contributed by atoms with Crippen LogP contribution in [0.1, 0.15) is 32.4 Å². The third-order valence-corrected chi connectivity index (χ3v) is 3.96. The van der Waals surface area contributed by atoms with Gasteiger partial charge in [0.25, 0.3) is 0 Å². The Labute approximate surface area is 110 Å². The van der Waals surface area contributed by atoms with Crippen LogP contribution in [0.15, 0.2) is 12.5 Å². The highest BCUT2D eigenvalue weighted by Crippen LogP contribution is 2.17. The maximum absolute atomic E-state index is 4.14. The van der Waals surface area contributed by atoms with Gasteiger partial charge in [-0.1, -0.05) is 13.8 Å². The Balaban J connectivity index is 1.80. The van der Waals surface area contributed by atoms with Crippen LogP contribution in [0, 0.1) is 5.92 Å². The molecule has 2 rings (SSSR count). The number of imidazole rings is 1. The largest absolute Gasteiger partial charge is 0.337 e. The van der Waals surface area contributed by atoms with Crippen molar-refractivity contribution >= 4 is 0 Å². The summed E-state index contributed by atoms with van der Waals surface area (Å²) in [6, 6.07) is 0.667. The van der Waals surface area contributed by atoms with Crippen molar-refractivity contribution < 1.29 is 0 Å². The maximum atomic E-state index is 4.14. The second-order valence-electron chi connectivity index (χ2n) is 5.68. The van der Waals surface area contributed by atoms with E-state index in [1.807, 2.05) is 19.6 Å². The van der Waals surface area contributed by atoms with Crippen molar-refractivity contribution in [3.05, 3.63) is 18.2 Å². The first kappa shape index (κ1) is 13.6. The Bertz CT molecular complexity index is 352. The molecule has 0 aromatic carbocycles. The van der Waals surface area contributed by atoms with Crippen molar-refractivity contribution in [3.8, 4) is 0 Å². The lowest BCUT2D eigenvalue weighted by molar-refractivity contribution is 0.186. The van der Waals surface area contributed by atoms with E-state index in [0.717, 1.165) is 13.1 Å². The molecule has 1 saturated heterocycles. The van der Waals surface area contributed by atoms with Gasteiger partial charge < -0.3 is 9.88 Å². The van der Waals surface area contributed by atoms with Crippen molar-refractivity contribution in [2.45, 2.75) is 39.3 Å². The number of hydrogen-bond donors (Lipinski definition) is 1. The molecular formula is C14H26N4. The first-order valence-corrected chi connectivity index (χ1v) is 7.08. The topological polar surface area (TPSA) is 33.1 Å². The zero-order chi connectivity index (χ0) is 13.0. The van der Waals surface area contributed by atoms with Gasteiger partial charge in [0.15, 0.2) is 0 Å². The summed E-state index contributed by atoms with van der Waals surface area (Å²) in [4.78, 5) is 6.78. The van der Waals surface area contributed by atoms with Gasteiger partial charge in [0.1, 0.15) is 0 Å². The average molecular weight is 250 g/mol. The van der Waals surface area contributed by atoms with Gasteiger partial charge in [-0.15, -0.1) is 0 Å². The molecule has 1 aliphatic heterocycles. The van der Waals surface area contributed by atoms with E-state index in [2.05, 4.69) is 33.6 Å². The fraction of sp³-hybridized carbons (Fsp3) is 0.786. The summed E-state index contributed by atoms with van der Waals surface area (Å²) in [6.45, 7) is 9.19. The summed E-state index contributed by atoms with van der Waals surface area (Å²) >= 11 is 0. The second-order valence-corrected chi connectivity index (χ2v) is 5.68. The lowest BCUT2D eigenvalue weighted by Crippen LogP contribution is -2.44. The Morgan fingerprint density at radius 1 is 1.33 bits per heavy atom. The van der Waals surface area contributed by atoms with Crippen LogP contribution in [0.3, 0.4) is 0 Å². The van der Waals surface area contributed by atoms with E-state index in [0.29, 0.717) is 12.0 Å². The Morgan fingerprint density at radius 2 is 2.06 bits per heavy atom. The molecule has 0 bridgehead atoms. The second kappa shape index (κ2) is 6.34. The molecule has 1 aromatic rings. The first-order chi connectivity index (χ1) is 8.68. The summed E-state index contributed by atoms with van der Waals surface area (Å²) < 4.78 is 2.08. The fourth-order valence-corrected chi connectivity index (χ4v) is 2.76. The van der Waals surface area contributed by atoms with Crippen LogP contribution >= 0.6 is 0 Å². The van der Waals surface area contributed by atoms with Gasteiger partial charge in [0, 0.05) is 32.4 Å². The van der Waals surface area contributed by atoms with E-state index < -0.39 is 0 Å². The van der Waals surface area contributed by atoms with Crippen molar-refractivity contribution in [1.29, 1.82) is 0 Å². The van der Waals surface area contributed by atoms with Gasteiger partial charge in [0.05, 0.1) is 12.0 Å². The number of nitrogens with zero attached hydrogens (tertiary/aromatic N) is 3. The molecule has 18 heavy (non-hydrogen) atoms. The van der Waals surface area contributed by atoms with Crippen LogP contribution in [0.25, 0.3) is 0 Å². The standard InChI is InChI=1S/C14H26N4/c1-12(2)14(18-6-4-5-7-18)10-15-8-13-9-16-11-17(13)3/h9,11-12,14-15H,4-8,10H2,1-3H3. The minimum absolute atomic E-state index is 0.667. The summed E-state index contributed by atoms with van der Waals surface area (Å²) in [5.41, 5.74) is 1.25. The van der Waals surface area contributed by atoms with Crippen LogP contribution in [0.4, 0.5) is 0 Å². The number of aromatic nitrogens is 2. The zero-order valence-electron chi connectivity index (χ0n) is 11.9. The van der Waals surface area contributed by atoms with Crippen molar-refractivity contribution in [3.63, 3.8) is 0 Å². The maximum Gasteiger partial charge on any atom is 0.0945 e. The van der Waals surface area contributed by atoms with Crippen molar-refractivity contribution in [2.24, 2.45) is 13.0 Å². The van der Waals surface area contributed by atoms with Gasteiger partial charge in [0.2, 0.25) is 0 Å². The van der Waals surface area contributed by atoms with Gasteiger partial charge in [-0.2, -0.15) is 0 Å². The molecule has 1 fully saturated rings. The fourth-order valence-electron chi connectivity index (χ4n) is 2.76. The van der Waals surface area contributed by atoms with E-state index >= 15 is 0 Å². The van der Waals surface area contributed by atoms with E-state index in [9.17, 15) is 0 Å². The van der Waals surface area contributed by atoms with Crippen LogP contribution < -0.4 is 5.32 Å². The minimum atomic E-state index is 0.667. The number of nitrogens with one attached hydrogen (secondary N) is 1. The Hall–Kier alpha value is -0.870. The van der Waals surface area contributed by atoms with Crippen LogP contribution in [-0.4, -0.2) is 40.1 Å². The van der Waals surface area contributed by atoms with Crippen molar-refractivity contribution in [1.82, 2.24) is 19.8 Å². The molecule has 1 aliphatic rings. The normalized spacial score (nSPS) is 18.7. The summed E-state index contributed by atoms with van der Waals surface area (Å²) in [7, 11) is 2.05. The lowest BCUT2D eigenvalue weighted by Gasteiger charge is -2.31. The quantitative estimate of drug-likeness (QED) is 0.833. The molecule has 1 atom stereocenters. The van der Waals surface area contributed by atoms with Crippen molar-refractivity contribution in [2.75, 3.05) is 19.6 Å². The molecule has 1 aromatic heterocycles. The van der Waals surface area contributed by atoms with Crippen LogP contribution in [0.5, 0.6) is 0 Å². The predicted octanol–water partition coefficient (Wildman–Crippen LogP) is 1.63. The number of hydrogen-bond acceptors (Lipinski definition) is 3. The van der Waals surface area contributed by atoms with Gasteiger partial charge in [-0.25, -0.2) is 4.98 Å². The number of rotatable bonds is 6. The molecular weight excluding hydrogens is 224 g/mol.